The Morgan fingerprint density at radius 3 is 2.56 bits per heavy atom. The first kappa shape index (κ1) is 15.4. The van der Waals surface area contributed by atoms with Crippen LogP contribution >= 0.6 is 0 Å². The Morgan fingerprint density at radius 1 is 1.31 bits per heavy atom. The van der Waals surface area contributed by atoms with Gasteiger partial charge in [0.2, 0.25) is 5.91 Å². The Labute approximate surface area is 98.9 Å². The van der Waals surface area contributed by atoms with Gasteiger partial charge in [-0.05, 0) is 6.42 Å². The molecule has 0 radical (unpaired) electrons. The number of carbonyl (C=O) groups excluding carboxylic acids is 1. The third-order valence-corrected chi connectivity index (χ3v) is 2.52. The maximum Gasteiger partial charge on any atom is 0.220 e. The number of hydrogen-bond donors (Lipinski definition) is 2. The monoisotopic (exact) mass is 230 g/mol. The van der Waals surface area contributed by atoms with Crippen LogP contribution in [0.15, 0.2) is 0 Å². The lowest BCUT2D eigenvalue weighted by Crippen LogP contribution is -2.43. The van der Waals surface area contributed by atoms with Crippen molar-refractivity contribution in [1.82, 2.24) is 5.32 Å². The summed E-state index contributed by atoms with van der Waals surface area (Å²) in [7, 11) is 1.61. The molecule has 1 unspecified atom stereocenters. The van der Waals surface area contributed by atoms with Crippen molar-refractivity contribution in [3.05, 3.63) is 0 Å². The molecule has 0 fully saturated rings. The maximum absolute atomic E-state index is 11.5. The Hall–Kier alpha value is -0.610. The lowest BCUT2D eigenvalue weighted by Gasteiger charge is -2.15. The summed E-state index contributed by atoms with van der Waals surface area (Å²) in [5, 5.41) is 2.87. The second kappa shape index (κ2) is 10.9. The van der Waals surface area contributed by atoms with E-state index in [4.69, 9.17) is 10.5 Å². The summed E-state index contributed by atoms with van der Waals surface area (Å²) in [5.74, 6) is 0.0870. The molecule has 3 N–H and O–H groups in total. The Kier molecular flexibility index (Phi) is 10.5. The third kappa shape index (κ3) is 8.68. The van der Waals surface area contributed by atoms with E-state index in [1.807, 2.05) is 0 Å². The minimum Gasteiger partial charge on any atom is -0.383 e. The average Bonchev–Trinajstić information content (AvgIpc) is 2.28. The van der Waals surface area contributed by atoms with Crippen molar-refractivity contribution < 1.29 is 9.53 Å². The van der Waals surface area contributed by atoms with Gasteiger partial charge < -0.3 is 15.8 Å². The molecule has 0 aliphatic heterocycles. The van der Waals surface area contributed by atoms with Crippen LogP contribution in [-0.2, 0) is 9.53 Å². The van der Waals surface area contributed by atoms with Gasteiger partial charge in [-0.25, -0.2) is 0 Å². The molecule has 16 heavy (non-hydrogen) atoms. The van der Waals surface area contributed by atoms with Crippen molar-refractivity contribution in [3.8, 4) is 0 Å². The van der Waals surface area contributed by atoms with Crippen molar-refractivity contribution in [3.63, 3.8) is 0 Å². The van der Waals surface area contributed by atoms with E-state index in [2.05, 4.69) is 12.2 Å². The van der Waals surface area contributed by atoms with Crippen LogP contribution in [0.1, 0.15) is 45.4 Å². The number of hydrogen-bond acceptors (Lipinski definition) is 3. The summed E-state index contributed by atoms with van der Waals surface area (Å²) in [6.45, 7) is 3.09. The molecule has 1 amide bonds. The van der Waals surface area contributed by atoms with Gasteiger partial charge in [-0.2, -0.15) is 0 Å². The van der Waals surface area contributed by atoms with Crippen LogP contribution in [0.5, 0.6) is 0 Å². The molecule has 0 bridgehead atoms. The predicted octanol–water partition coefficient (Wildman–Crippen LogP) is 1.44. The molecule has 0 aliphatic carbocycles. The minimum absolute atomic E-state index is 0.0480. The maximum atomic E-state index is 11.5. The second-order valence-electron chi connectivity index (χ2n) is 4.12. The zero-order chi connectivity index (χ0) is 12.2. The van der Waals surface area contributed by atoms with Crippen molar-refractivity contribution in [2.45, 2.75) is 51.5 Å². The topological polar surface area (TPSA) is 64.4 Å². The SMILES string of the molecule is CCCCCCCC(=O)NC(CN)COC. The highest BCUT2D eigenvalue weighted by Crippen LogP contribution is 2.04. The zero-order valence-electron chi connectivity index (χ0n) is 10.6. The quantitative estimate of drug-likeness (QED) is 0.558. The van der Waals surface area contributed by atoms with Gasteiger partial charge in [0, 0.05) is 20.1 Å². The zero-order valence-corrected chi connectivity index (χ0v) is 10.6. The summed E-state index contributed by atoms with van der Waals surface area (Å²) >= 11 is 0. The van der Waals surface area contributed by atoms with Gasteiger partial charge in [0.05, 0.1) is 12.6 Å². The second-order valence-corrected chi connectivity index (χ2v) is 4.12. The molecule has 1 atom stereocenters. The molecule has 4 nitrogen and oxygen atoms in total. The van der Waals surface area contributed by atoms with Crippen LogP contribution in [-0.4, -0.2) is 32.2 Å². The van der Waals surface area contributed by atoms with Gasteiger partial charge in [0.1, 0.15) is 0 Å². The number of nitrogens with one attached hydrogen (secondary N) is 1. The first-order chi connectivity index (χ1) is 7.74. The Balaban J connectivity index is 3.48. The van der Waals surface area contributed by atoms with Crippen molar-refractivity contribution in [2.75, 3.05) is 20.3 Å². The Morgan fingerprint density at radius 2 is 2.00 bits per heavy atom. The molecule has 96 valence electrons. The number of amides is 1. The lowest BCUT2D eigenvalue weighted by molar-refractivity contribution is -0.122. The number of unbranched alkanes of at least 4 members (excludes halogenated alkanes) is 4. The van der Waals surface area contributed by atoms with E-state index in [0.717, 1.165) is 12.8 Å². The minimum atomic E-state index is -0.0480. The fourth-order valence-electron chi connectivity index (χ4n) is 1.56. The average molecular weight is 230 g/mol. The fourth-order valence-corrected chi connectivity index (χ4v) is 1.56. The fraction of sp³-hybridized carbons (Fsp3) is 0.917. The molecular weight excluding hydrogens is 204 g/mol. The molecule has 0 rings (SSSR count). The van der Waals surface area contributed by atoms with Crippen LogP contribution in [0.3, 0.4) is 0 Å². The van der Waals surface area contributed by atoms with Gasteiger partial charge in [0.25, 0.3) is 0 Å². The molecule has 0 aromatic heterocycles. The first-order valence-electron chi connectivity index (χ1n) is 6.23. The standard InChI is InChI=1S/C12H26N2O2/c1-3-4-5-6-7-8-12(15)14-11(9-13)10-16-2/h11H,3-10,13H2,1-2H3,(H,14,15). The molecule has 0 saturated carbocycles. The van der Waals surface area contributed by atoms with Crippen LogP contribution < -0.4 is 11.1 Å². The number of methoxy groups -OCH3 is 1. The number of nitrogens with two attached hydrogens (primary N) is 1. The molecule has 0 aliphatic rings. The van der Waals surface area contributed by atoms with E-state index < -0.39 is 0 Å². The van der Waals surface area contributed by atoms with Crippen LogP contribution in [0, 0.1) is 0 Å². The number of carbonyl (C=O) groups is 1. The summed E-state index contributed by atoms with van der Waals surface area (Å²) < 4.78 is 4.96. The van der Waals surface area contributed by atoms with Gasteiger partial charge in [-0.3, -0.25) is 4.79 Å². The van der Waals surface area contributed by atoms with E-state index in [9.17, 15) is 4.79 Å². The van der Waals surface area contributed by atoms with E-state index >= 15 is 0 Å². The summed E-state index contributed by atoms with van der Waals surface area (Å²) in [5.41, 5.74) is 5.51. The normalized spacial score (nSPS) is 12.4. The highest BCUT2D eigenvalue weighted by molar-refractivity contribution is 5.76. The lowest BCUT2D eigenvalue weighted by atomic mass is 10.1. The van der Waals surface area contributed by atoms with Gasteiger partial charge >= 0.3 is 0 Å². The largest absolute Gasteiger partial charge is 0.383 e. The van der Waals surface area contributed by atoms with Gasteiger partial charge in [-0.1, -0.05) is 32.6 Å². The van der Waals surface area contributed by atoms with Crippen molar-refractivity contribution in [1.29, 1.82) is 0 Å². The highest BCUT2D eigenvalue weighted by Gasteiger charge is 2.09. The van der Waals surface area contributed by atoms with Gasteiger partial charge in [0.15, 0.2) is 0 Å². The molecule has 0 spiro atoms. The van der Waals surface area contributed by atoms with Crippen LogP contribution in [0.2, 0.25) is 0 Å². The van der Waals surface area contributed by atoms with E-state index in [1.165, 1.54) is 19.3 Å². The van der Waals surface area contributed by atoms with Crippen LogP contribution in [0.4, 0.5) is 0 Å². The third-order valence-electron chi connectivity index (χ3n) is 2.52. The first-order valence-corrected chi connectivity index (χ1v) is 6.23. The van der Waals surface area contributed by atoms with Gasteiger partial charge in [-0.15, -0.1) is 0 Å². The summed E-state index contributed by atoms with van der Waals surface area (Å²) in [6, 6.07) is -0.0480. The van der Waals surface area contributed by atoms with E-state index in [-0.39, 0.29) is 11.9 Å². The molecule has 0 heterocycles. The van der Waals surface area contributed by atoms with Crippen molar-refractivity contribution in [2.24, 2.45) is 5.73 Å². The predicted molar refractivity (Wildman–Crippen MR) is 66.2 cm³/mol. The molecule has 4 heteroatoms. The Bertz CT molecular complexity index is 174. The highest BCUT2D eigenvalue weighted by atomic mass is 16.5. The van der Waals surface area contributed by atoms with E-state index in [0.29, 0.717) is 19.6 Å². The summed E-state index contributed by atoms with van der Waals surface area (Å²) in [4.78, 5) is 11.5. The summed E-state index contributed by atoms with van der Waals surface area (Å²) in [6.07, 6.45) is 6.42. The molecule has 0 aromatic carbocycles. The number of rotatable bonds is 10. The molecule has 0 saturated heterocycles. The molecular formula is C12H26N2O2. The van der Waals surface area contributed by atoms with Crippen molar-refractivity contribution >= 4 is 5.91 Å². The molecule has 0 aromatic rings. The van der Waals surface area contributed by atoms with E-state index in [1.54, 1.807) is 7.11 Å². The smallest absolute Gasteiger partial charge is 0.220 e. The van der Waals surface area contributed by atoms with Crippen LogP contribution in [0.25, 0.3) is 0 Å². The number of ether oxygens (including phenoxy) is 1.